The van der Waals surface area contributed by atoms with Crippen LogP contribution in [0, 0.1) is 0 Å². The van der Waals surface area contributed by atoms with Crippen LogP contribution in [0.25, 0.3) is 5.52 Å². The number of nitrogens with two attached hydrogens (primary N) is 1. The molecule has 0 amide bonds. The number of rotatable bonds is 0. The van der Waals surface area contributed by atoms with E-state index in [1.807, 2.05) is 35.0 Å². The Balaban J connectivity index is 2.91. The van der Waals surface area contributed by atoms with Crippen molar-refractivity contribution in [1.82, 2.24) is 0 Å². The maximum absolute atomic E-state index is 9.51. The Morgan fingerprint density at radius 3 is 2.83 bits per heavy atom. The molecule has 0 bridgehead atoms. The van der Waals surface area contributed by atoms with Crippen LogP contribution in [-0.2, 0) is 0 Å². The number of aromatic hydroxyl groups is 1. The van der Waals surface area contributed by atoms with Crippen molar-refractivity contribution in [3.63, 3.8) is 0 Å². The molecule has 12 heavy (non-hydrogen) atoms. The normalized spacial score (nSPS) is 10.3. The standard InChI is InChI=1S/C9H8N2O/c10-7-4-6-11-5-2-1-3-8(11)9(7)12/h1-6,10,12H/p+1. The first-order valence-electron chi connectivity index (χ1n) is 3.66. The SMILES string of the molecule is Nc1cc[n+]2ccccc2c1O. The van der Waals surface area contributed by atoms with Crippen molar-refractivity contribution in [2.24, 2.45) is 0 Å². The van der Waals surface area contributed by atoms with Crippen molar-refractivity contribution in [2.75, 3.05) is 5.73 Å². The molecule has 0 saturated carbocycles. The van der Waals surface area contributed by atoms with Gasteiger partial charge in [-0.1, -0.05) is 0 Å². The summed E-state index contributed by atoms with van der Waals surface area (Å²) in [6.07, 6.45) is 3.67. The Kier molecular flexibility index (Phi) is 1.37. The van der Waals surface area contributed by atoms with Gasteiger partial charge in [-0.05, 0) is 6.07 Å². The van der Waals surface area contributed by atoms with E-state index in [-0.39, 0.29) is 5.75 Å². The van der Waals surface area contributed by atoms with E-state index in [2.05, 4.69) is 0 Å². The highest BCUT2D eigenvalue weighted by Crippen LogP contribution is 2.21. The highest BCUT2D eigenvalue weighted by atomic mass is 16.3. The third-order valence-corrected chi connectivity index (χ3v) is 1.82. The number of pyridine rings is 2. The molecule has 3 N–H and O–H groups in total. The third-order valence-electron chi connectivity index (χ3n) is 1.82. The molecule has 2 rings (SSSR count). The molecule has 0 aliphatic heterocycles. The first kappa shape index (κ1) is 6.91. The highest BCUT2D eigenvalue weighted by Gasteiger charge is 2.08. The largest absolute Gasteiger partial charge is 0.501 e. The van der Waals surface area contributed by atoms with Crippen molar-refractivity contribution in [3.8, 4) is 5.75 Å². The molecule has 0 saturated heterocycles. The summed E-state index contributed by atoms with van der Waals surface area (Å²) in [5.74, 6) is 0.137. The van der Waals surface area contributed by atoms with Gasteiger partial charge >= 0.3 is 0 Å². The van der Waals surface area contributed by atoms with E-state index in [1.54, 1.807) is 6.07 Å². The summed E-state index contributed by atoms with van der Waals surface area (Å²) in [6.45, 7) is 0. The zero-order valence-corrected chi connectivity index (χ0v) is 6.44. The van der Waals surface area contributed by atoms with Crippen LogP contribution in [0.1, 0.15) is 0 Å². The van der Waals surface area contributed by atoms with Gasteiger partial charge in [0, 0.05) is 18.2 Å². The smallest absolute Gasteiger partial charge is 0.254 e. The fourth-order valence-corrected chi connectivity index (χ4v) is 1.17. The Labute approximate surface area is 69.7 Å². The number of nitrogens with zero attached hydrogens (tertiary/aromatic N) is 1. The summed E-state index contributed by atoms with van der Waals surface area (Å²) in [5.41, 5.74) is 6.65. The van der Waals surface area contributed by atoms with Crippen LogP contribution in [0.15, 0.2) is 36.7 Å². The van der Waals surface area contributed by atoms with Gasteiger partial charge in [0.1, 0.15) is 0 Å². The predicted octanol–water partition coefficient (Wildman–Crippen LogP) is 0.713. The number of hydrogen-bond acceptors (Lipinski definition) is 2. The van der Waals surface area contributed by atoms with E-state index < -0.39 is 0 Å². The minimum absolute atomic E-state index is 0.137. The lowest BCUT2D eigenvalue weighted by Crippen LogP contribution is -2.20. The van der Waals surface area contributed by atoms with Crippen LogP contribution in [0.4, 0.5) is 5.69 Å². The monoisotopic (exact) mass is 161 g/mol. The van der Waals surface area contributed by atoms with Crippen molar-refractivity contribution in [2.45, 2.75) is 0 Å². The lowest BCUT2D eigenvalue weighted by atomic mass is 10.3. The number of fused-ring (bicyclic) bond motifs is 1. The van der Waals surface area contributed by atoms with Crippen molar-refractivity contribution < 1.29 is 9.51 Å². The van der Waals surface area contributed by atoms with Gasteiger partial charge in [0.05, 0.1) is 5.69 Å². The van der Waals surface area contributed by atoms with Crippen molar-refractivity contribution in [3.05, 3.63) is 36.7 Å². The third kappa shape index (κ3) is 0.871. The summed E-state index contributed by atoms with van der Waals surface area (Å²) in [7, 11) is 0. The molecule has 0 aromatic carbocycles. The van der Waals surface area contributed by atoms with Crippen LogP contribution < -0.4 is 10.1 Å². The molecule has 0 spiro atoms. The number of anilines is 1. The molecule has 0 aliphatic rings. The van der Waals surface area contributed by atoms with Gasteiger partial charge in [-0.2, -0.15) is 4.40 Å². The van der Waals surface area contributed by atoms with E-state index >= 15 is 0 Å². The first-order valence-corrected chi connectivity index (χ1v) is 3.66. The molecular formula is C9H9N2O+. The minimum atomic E-state index is 0.137. The van der Waals surface area contributed by atoms with Crippen LogP contribution >= 0.6 is 0 Å². The van der Waals surface area contributed by atoms with Crippen molar-refractivity contribution in [1.29, 1.82) is 0 Å². The second kappa shape index (κ2) is 2.37. The van der Waals surface area contributed by atoms with Gasteiger partial charge in [0.15, 0.2) is 12.4 Å². The molecule has 0 radical (unpaired) electrons. The predicted molar refractivity (Wildman–Crippen MR) is 45.7 cm³/mol. The summed E-state index contributed by atoms with van der Waals surface area (Å²) in [5, 5.41) is 9.51. The topological polar surface area (TPSA) is 50.3 Å². The van der Waals surface area contributed by atoms with Gasteiger partial charge in [0.2, 0.25) is 5.75 Å². The molecule has 0 unspecified atom stereocenters. The summed E-state index contributed by atoms with van der Waals surface area (Å²) < 4.78 is 1.81. The van der Waals surface area contributed by atoms with Crippen LogP contribution in [0.5, 0.6) is 5.75 Å². The lowest BCUT2D eigenvalue weighted by Gasteiger charge is -1.96. The molecule has 0 fully saturated rings. The van der Waals surface area contributed by atoms with E-state index in [9.17, 15) is 5.11 Å². The Morgan fingerprint density at radius 2 is 2.00 bits per heavy atom. The summed E-state index contributed by atoms with van der Waals surface area (Å²) in [6, 6.07) is 7.23. The first-order chi connectivity index (χ1) is 5.79. The van der Waals surface area contributed by atoms with Crippen molar-refractivity contribution >= 4 is 11.2 Å². The molecular weight excluding hydrogens is 152 g/mol. The zero-order valence-electron chi connectivity index (χ0n) is 6.44. The average Bonchev–Trinajstić information content (AvgIpc) is 2.12. The molecule has 2 heterocycles. The number of hydrogen-bond donors (Lipinski definition) is 2. The fourth-order valence-electron chi connectivity index (χ4n) is 1.17. The van der Waals surface area contributed by atoms with Crippen LogP contribution in [0.2, 0.25) is 0 Å². The molecule has 3 heteroatoms. The zero-order chi connectivity index (χ0) is 8.55. The fraction of sp³-hybridized carbons (Fsp3) is 0. The molecule has 0 atom stereocenters. The Morgan fingerprint density at radius 1 is 1.17 bits per heavy atom. The van der Waals surface area contributed by atoms with Crippen LogP contribution in [-0.4, -0.2) is 5.11 Å². The van der Waals surface area contributed by atoms with E-state index in [0.29, 0.717) is 5.69 Å². The Bertz CT molecular complexity index is 426. The maximum Gasteiger partial charge on any atom is 0.254 e. The summed E-state index contributed by atoms with van der Waals surface area (Å²) >= 11 is 0. The van der Waals surface area contributed by atoms with E-state index in [0.717, 1.165) is 5.52 Å². The average molecular weight is 161 g/mol. The van der Waals surface area contributed by atoms with Crippen LogP contribution in [0.3, 0.4) is 0 Å². The van der Waals surface area contributed by atoms with Gasteiger partial charge in [-0.15, -0.1) is 0 Å². The van der Waals surface area contributed by atoms with Gasteiger partial charge < -0.3 is 10.8 Å². The van der Waals surface area contributed by atoms with Gasteiger partial charge in [0.25, 0.3) is 5.52 Å². The number of aromatic nitrogens is 1. The summed E-state index contributed by atoms with van der Waals surface area (Å²) in [4.78, 5) is 0. The van der Waals surface area contributed by atoms with Gasteiger partial charge in [-0.25, -0.2) is 0 Å². The molecule has 0 aliphatic carbocycles. The molecule has 2 aromatic rings. The van der Waals surface area contributed by atoms with E-state index in [1.165, 1.54) is 0 Å². The lowest BCUT2D eigenvalue weighted by molar-refractivity contribution is -0.512. The molecule has 2 aromatic heterocycles. The quantitative estimate of drug-likeness (QED) is 0.559. The Hall–Kier alpha value is -1.77. The second-order valence-electron chi connectivity index (χ2n) is 2.61. The van der Waals surface area contributed by atoms with Gasteiger partial charge in [-0.3, -0.25) is 0 Å². The van der Waals surface area contributed by atoms with E-state index in [4.69, 9.17) is 5.73 Å². The molecule has 3 nitrogen and oxygen atoms in total. The molecule has 60 valence electrons. The maximum atomic E-state index is 9.51. The second-order valence-corrected chi connectivity index (χ2v) is 2.61. The number of nitrogen functional groups attached to an aromatic ring is 1. The highest BCUT2D eigenvalue weighted by molar-refractivity contribution is 5.65. The minimum Gasteiger partial charge on any atom is -0.501 e.